The highest BCUT2D eigenvalue weighted by atomic mass is 16.1. The van der Waals surface area contributed by atoms with Gasteiger partial charge in [-0.15, -0.1) is 0 Å². The van der Waals surface area contributed by atoms with E-state index >= 15 is 0 Å². The highest BCUT2D eigenvalue weighted by Crippen LogP contribution is 2.33. The lowest BCUT2D eigenvalue weighted by Gasteiger charge is -2.38. The van der Waals surface area contributed by atoms with Crippen LogP contribution in [0.4, 0.5) is 0 Å². The van der Waals surface area contributed by atoms with E-state index in [0.717, 1.165) is 31.3 Å². The molecule has 0 radical (unpaired) electrons. The number of hydrogen-bond donors (Lipinski definition) is 2. The van der Waals surface area contributed by atoms with Crippen molar-refractivity contribution >= 4 is 5.91 Å². The second kappa shape index (κ2) is 6.89. The Morgan fingerprint density at radius 3 is 2.56 bits per heavy atom. The van der Waals surface area contributed by atoms with Crippen LogP contribution < -0.4 is 10.6 Å². The van der Waals surface area contributed by atoms with Gasteiger partial charge >= 0.3 is 0 Å². The molecule has 0 aromatic heterocycles. The molecule has 0 spiro atoms. The van der Waals surface area contributed by atoms with Crippen LogP contribution in [-0.4, -0.2) is 25.0 Å². The molecular weight excluding hydrogens is 200 g/mol. The van der Waals surface area contributed by atoms with Gasteiger partial charge in [0.1, 0.15) is 0 Å². The van der Waals surface area contributed by atoms with Crippen LogP contribution in [0.2, 0.25) is 0 Å². The normalized spacial score (nSPS) is 24.2. The molecule has 2 N–H and O–H groups in total. The average Bonchev–Trinajstić information content (AvgIpc) is 2.17. The van der Waals surface area contributed by atoms with Crippen molar-refractivity contribution in [2.24, 2.45) is 11.8 Å². The second-order valence-electron chi connectivity index (χ2n) is 5.23. The first kappa shape index (κ1) is 13.5. The van der Waals surface area contributed by atoms with Crippen molar-refractivity contribution in [3.63, 3.8) is 0 Å². The predicted octanol–water partition coefficient (Wildman–Crippen LogP) is 1.93. The maximum Gasteiger partial charge on any atom is 0.221 e. The third-order valence-electron chi connectivity index (χ3n) is 3.47. The fourth-order valence-corrected chi connectivity index (χ4v) is 2.12. The van der Waals surface area contributed by atoms with Gasteiger partial charge in [0.2, 0.25) is 5.91 Å². The highest BCUT2D eigenvalue weighted by molar-refractivity contribution is 5.75. The zero-order chi connectivity index (χ0) is 12.0. The third-order valence-corrected chi connectivity index (χ3v) is 3.47. The smallest absolute Gasteiger partial charge is 0.221 e. The minimum atomic E-state index is 0.175. The van der Waals surface area contributed by atoms with Gasteiger partial charge in [0.05, 0.1) is 0 Å². The minimum absolute atomic E-state index is 0.175. The van der Waals surface area contributed by atoms with Crippen molar-refractivity contribution in [1.29, 1.82) is 0 Å². The van der Waals surface area contributed by atoms with Crippen molar-refractivity contribution in [2.45, 2.75) is 52.5 Å². The molecule has 1 aliphatic carbocycles. The molecule has 3 heteroatoms. The van der Waals surface area contributed by atoms with E-state index in [1.807, 2.05) is 0 Å². The molecule has 0 aromatic rings. The Morgan fingerprint density at radius 2 is 2.00 bits per heavy atom. The summed E-state index contributed by atoms with van der Waals surface area (Å²) in [6.45, 7) is 8.28. The standard InChI is InChI=1S/C13H26N2O/c1-4-6-15-13(16)5-7-14-12-8-11(9-12)10(2)3/h10-12,14H,4-9H2,1-3H3,(H,15,16). The minimum Gasteiger partial charge on any atom is -0.356 e. The van der Waals surface area contributed by atoms with Gasteiger partial charge in [-0.2, -0.15) is 0 Å². The van der Waals surface area contributed by atoms with E-state index in [9.17, 15) is 4.79 Å². The molecule has 3 nitrogen and oxygen atoms in total. The maximum atomic E-state index is 11.3. The summed E-state index contributed by atoms with van der Waals surface area (Å²) >= 11 is 0. The van der Waals surface area contributed by atoms with Crippen molar-refractivity contribution in [2.75, 3.05) is 13.1 Å². The Labute approximate surface area is 99.4 Å². The summed E-state index contributed by atoms with van der Waals surface area (Å²) in [5.41, 5.74) is 0. The van der Waals surface area contributed by atoms with Crippen LogP contribution in [0.3, 0.4) is 0 Å². The maximum absolute atomic E-state index is 11.3. The Kier molecular flexibility index (Phi) is 5.81. The van der Waals surface area contributed by atoms with E-state index in [1.54, 1.807) is 0 Å². The topological polar surface area (TPSA) is 41.1 Å². The van der Waals surface area contributed by atoms with Gasteiger partial charge in [-0.3, -0.25) is 4.79 Å². The molecule has 94 valence electrons. The first-order chi connectivity index (χ1) is 7.63. The van der Waals surface area contributed by atoms with Crippen LogP contribution in [0.15, 0.2) is 0 Å². The first-order valence-corrected chi connectivity index (χ1v) is 6.63. The van der Waals surface area contributed by atoms with Crippen LogP contribution >= 0.6 is 0 Å². The summed E-state index contributed by atoms with van der Waals surface area (Å²) in [6, 6.07) is 0.659. The summed E-state index contributed by atoms with van der Waals surface area (Å²) < 4.78 is 0. The summed E-state index contributed by atoms with van der Waals surface area (Å²) in [6.07, 6.45) is 4.20. The molecular formula is C13H26N2O. The molecule has 0 unspecified atom stereocenters. The zero-order valence-electron chi connectivity index (χ0n) is 10.9. The van der Waals surface area contributed by atoms with E-state index in [1.165, 1.54) is 12.8 Å². The lowest BCUT2D eigenvalue weighted by atomic mass is 9.74. The molecule has 0 aromatic carbocycles. The summed E-state index contributed by atoms with van der Waals surface area (Å²) in [4.78, 5) is 11.3. The number of hydrogen-bond acceptors (Lipinski definition) is 2. The number of carbonyl (C=O) groups excluding carboxylic acids is 1. The van der Waals surface area contributed by atoms with Gasteiger partial charge in [-0.25, -0.2) is 0 Å². The molecule has 0 heterocycles. The molecule has 1 fully saturated rings. The van der Waals surface area contributed by atoms with E-state index < -0.39 is 0 Å². The van der Waals surface area contributed by atoms with Crippen LogP contribution in [0, 0.1) is 11.8 Å². The van der Waals surface area contributed by atoms with Gasteiger partial charge < -0.3 is 10.6 Å². The summed E-state index contributed by atoms with van der Waals surface area (Å²) in [5.74, 6) is 1.88. The lowest BCUT2D eigenvalue weighted by Crippen LogP contribution is -2.44. The molecule has 1 rings (SSSR count). The van der Waals surface area contributed by atoms with Crippen molar-refractivity contribution in [1.82, 2.24) is 10.6 Å². The molecule has 0 atom stereocenters. The van der Waals surface area contributed by atoms with Crippen molar-refractivity contribution < 1.29 is 4.79 Å². The fourth-order valence-electron chi connectivity index (χ4n) is 2.12. The lowest BCUT2D eigenvalue weighted by molar-refractivity contribution is -0.121. The monoisotopic (exact) mass is 226 g/mol. The molecule has 1 saturated carbocycles. The SMILES string of the molecule is CCCNC(=O)CCNC1CC(C(C)C)C1. The Hall–Kier alpha value is -0.570. The summed E-state index contributed by atoms with van der Waals surface area (Å²) in [7, 11) is 0. The van der Waals surface area contributed by atoms with E-state index in [2.05, 4.69) is 31.4 Å². The van der Waals surface area contributed by atoms with Gasteiger partial charge in [-0.05, 0) is 31.1 Å². The van der Waals surface area contributed by atoms with E-state index in [4.69, 9.17) is 0 Å². The second-order valence-corrected chi connectivity index (χ2v) is 5.23. The largest absolute Gasteiger partial charge is 0.356 e. The fraction of sp³-hybridized carbons (Fsp3) is 0.923. The highest BCUT2D eigenvalue weighted by Gasteiger charge is 2.30. The van der Waals surface area contributed by atoms with Gasteiger partial charge in [0, 0.05) is 25.6 Å². The first-order valence-electron chi connectivity index (χ1n) is 6.63. The van der Waals surface area contributed by atoms with Crippen LogP contribution in [0.1, 0.15) is 46.5 Å². The van der Waals surface area contributed by atoms with E-state index in [0.29, 0.717) is 12.5 Å². The quantitative estimate of drug-likeness (QED) is 0.696. The molecule has 16 heavy (non-hydrogen) atoms. The van der Waals surface area contributed by atoms with Gasteiger partial charge in [0.15, 0.2) is 0 Å². The summed E-state index contributed by atoms with van der Waals surface area (Å²) in [5, 5.41) is 6.34. The third kappa shape index (κ3) is 4.52. The van der Waals surface area contributed by atoms with Crippen molar-refractivity contribution in [3.05, 3.63) is 0 Å². The molecule has 0 aliphatic heterocycles. The molecule has 0 saturated heterocycles. The van der Waals surface area contributed by atoms with Crippen LogP contribution in [0.25, 0.3) is 0 Å². The van der Waals surface area contributed by atoms with Crippen LogP contribution in [0.5, 0.6) is 0 Å². The number of carbonyl (C=O) groups is 1. The van der Waals surface area contributed by atoms with Gasteiger partial charge in [-0.1, -0.05) is 20.8 Å². The van der Waals surface area contributed by atoms with E-state index in [-0.39, 0.29) is 5.91 Å². The molecule has 1 amide bonds. The van der Waals surface area contributed by atoms with Crippen molar-refractivity contribution in [3.8, 4) is 0 Å². The number of rotatable bonds is 7. The average molecular weight is 226 g/mol. The Bertz CT molecular complexity index is 210. The Balaban J connectivity index is 1.95. The zero-order valence-corrected chi connectivity index (χ0v) is 10.9. The van der Waals surface area contributed by atoms with Crippen LogP contribution in [-0.2, 0) is 4.79 Å². The predicted molar refractivity (Wildman–Crippen MR) is 67.3 cm³/mol. The number of nitrogens with one attached hydrogen (secondary N) is 2. The molecule has 1 aliphatic rings. The number of amides is 1. The Morgan fingerprint density at radius 1 is 1.31 bits per heavy atom. The molecule has 0 bridgehead atoms. The van der Waals surface area contributed by atoms with Gasteiger partial charge in [0.25, 0.3) is 0 Å².